The van der Waals surface area contributed by atoms with E-state index in [9.17, 15) is 4.79 Å². The van der Waals surface area contributed by atoms with E-state index in [0.29, 0.717) is 5.75 Å². The molecule has 0 saturated carbocycles. The highest BCUT2D eigenvalue weighted by Gasteiger charge is 2.13. The molecule has 1 amide bonds. The van der Waals surface area contributed by atoms with Gasteiger partial charge < -0.3 is 9.88 Å². The number of thioether (sulfide) groups is 1. The highest BCUT2D eigenvalue weighted by atomic mass is 32.2. The van der Waals surface area contributed by atoms with Crippen molar-refractivity contribution in [2.75, 3.05) is 11.1 Å². The first-order valence-electron chi connectivity index (χ1n) is 9.52. The fraction of sp³-hybridized carbons (Fsp3) is 0.318. The van der Waals surface area contributed by atoms with Crippen LogP contribution in [0, 0.1) is 13.8 Å². The summed E-state index contributed by atoms with van der Waals surface area (Å²) in [4.78, 5) is 12.3. The molecule has 3 rings (SSSR count). The van der Waals surface area contributed by atoms with E-state index in [1.807, 2.05) is 32.0 Å². The van der Waals surface area contributed by atoms with Crippen molar-refractivity contribution in [2.24, 2.45) is 0 Å². The molecule has 1 heterocycles. The van der Waals surface area contributed by atoms with Crippen LogP contribution in [0.3, 0.4) is 0 Å². The summed E-state index contributed by atoms with van der Waals surface area (Å²) in [6, 6.07) is 16.4. The molecular formula is C22H26N4OS. The van der Waals surface area contributed by atoms with Gasteiger partial charge in [-0.05, 0) is 56.0 Å². The molecule has 0 spiro atoms. The lowest BCUT2D eigenvalue weighted by Crippen LogP contribution is -2.15. The second-order valence-electron chi connectivity index (χ2n) is 6.84. The van der Waals surface area contributed by atoms with Crippen LogP contribution in [0.15, 0.2) is 53.7 Å². The molecule has 5 nitrogen and oxygen atoms in total. The van der Waals surface area contributed by atoms with Gasteiger partial charge in [-0.25, -0.2) is 0 Å². The fourth-order valence-corrected chi connectivity index (χ4v) is 4.02. The molecule has 1 N–H and O–H groups in total. The Morgan fingerprint density at radius 2 is 1.75 bits per heavy atom. The van der Waals surface area contributed by atoms with E-state index in [0.717, 1.165) is 47.2 Å². The molecular weight excluding hydrogens is 368 g/mol. The first-order valence-corrected chi connectivity index (χ1v) is 10.5. The van der Waals surface area contributed by atoms with Gasteiger partial charge in [0.05, 0.1) is 5.75 Å². The predicted octanol–water partition coefficient (Wildman–Crippen LogP) is 4.43. The van der Waals surface area contributed by atoms with Crippen molar-refractivity contribution >= 4 is 23.4 Å². The van der Waals surface area contributed by atoms with Gasteiger partial charge in [0, 0.05) is 18.7 Å². The summed E-state index contributed by atoms with van der Waals surface area (Å²) in [6.45, 7) is 6.92. The van der Waals surface area contributed by atoms with E-state index >= 15 is 0 Å². The van der Waals surface area contributed by atoms with Crippen LogP contribution in [0.25, 0.3) is 0 Å². The van der Waals surface area contributed by atoms with E-state index in [1.54, 1.807) is 0 Å². The second-order valence-corrected chi connectivity index (χ2v) is 7.78. The zero-order valence-electron chi connectivity index (χ0n) is 16.6. The van der Waals surface area contributed by atoms with Gasteiger partial charge in [0.1, 0.15) is 5.82 Å². The third kappa shape index (κ3) is 5.45. The van der Waals surface area contributed by atoms with Crippen LogP contribution in [0.1, 0.15) is 29.4 Å². The van der Waals surface area contributed by atoms with E-state index in [-0.39, 0.29) is 5.91 Å². The maximum Gasteiger partial charge on any atom is 0.234 e. The standard InChI is InChI=1S/C22H26N4OS/c1-4-26-20(11-10-18-8-6-5-7-9-18)24-25-22(26)28-15-21(27)23-19-13-16(2)12-17(3)14-19/h5-9,12-14H,4,10-11,15H2,1-3H3,(H,23,27). The lowest BCUT2D eigenvalue weighted by molar-refractivity contribution is -0.113. The summed E-state index contributed by atoms with van der Waals surface area (Å²) in [5.41, 5.74) is 4.40. The largest absolute Gasteiger partial charge is 0.325 e. The number of rotatable bonds is 8. The molecule has 0 atom stereocenters. The third-order valence-electron chi connectivity index (χ3n) is 4.43. The number of amides is 1. The topological polar surface area (TPSA) is 59.8 Å². The summed E-state index contributed by atoms with van der Waals surface area (Å²) in [7, 11) is 0. The Hall–Kier alpha value is -2.60. The van der Waals surface area contributed by atoms with Crippen molar-refractivity contribution in [1.82, 2.24) is 14.8 Å². The number of carbonyl (C=O) groups excluding carboxylic acids is 1. The molecule has 0 bridgehead atoms. The van der Waals surface area contributed by atoms with Gasteiger partial charge in [0.25, 0.3) is 0 Å². The molecule has 0 aliphatic rings. The fourth-order valence-electron chi connectivity index (χ4n) is 3.20. The minimum absolute atomic E-state index is 0.0357. The number of anilines is 1. The number of aryl methyl sites for hydroxylation is 4. The zero-order chi connectivity index (χ0) is 19.9. The number of nitrogens with one attached hydrogen (secondary N) is 1. The molecule has 0 aliphatic carbocycles. The van der Waals surface area contributed by atoms with Gasteiger partial charge in [-0.3, -0.25) is 4.79 Å². The van der Waals surface area contributed by atoms with Crippen LogP contribution >= 0.6 is 11.8 Å². The average Bonchev–Trinajstić information content (AvgIpc) is 3.06. The van der Waals surface area contributed by atoms with Crippen molar-refractivity contribution in [3.63, 3.8) is 0 Å². The summed E-state index contributed by atoms with van der Waals surface area (Å²) in [5, 5.41) is 12.4. The van der Waals surface area contributed by atoms with Gasteiger partial charge in [0.2, 0.25) is 5.91 Å². The monoisotopic (exact) mass is 394 g/mol. The van der Waals surface area contributed by atoms with Gasteiger partial charge in [-0.2, -0.15) is 0 Å². The van der Waals surface area contributed by atoms with Gasteiger partial charge in [0.15, 0.2) is 5.16 Å². The van der Waals surface area contributed by atoms with Gasteiger partial charge >= 0.3 is 0 Å². The first-order chi connectivity index (χ1) is 13.5. The molecule has 0 radical (unpaired) electrons. The van der Waals surface area contributed by atoms with Crippen molar-refractivity contribution < 1.29 is 4.79 Å². The Morgan fingerprint density at radius 3 is 2.43 bits per heavy atom. The number of hydrogen-bond donors (Lipinski definition) is 1. The molecule has 0 aliphatic heterocycles. The highest BCUT2D eigenvalue weighted by Crippen LogP contribution is 2.19. The summed E-state index contributed by atoms with van der Waals surface area (Å²) < 4.78 is 2.09. The Bertz CT molecular complexity index is 917. The number of carbonyl (C=O) groups is 1. The van der Waals surface area contributed by atoms with Gasteiger partial charge in [-0.15, -0.1) is 10.2 Å². The summed E-state index contributed by atoms with van der Waals surface area (Å²) in [5.74, 6) is 1.24. The quantitative estimate of drug-likeness (QED) is 0.574. The predicted molar refractivity (Wildman–Crippen MR) is 115 cm³/mol. The number of nitrogens with zero attached hydrogens (tertiary/aromatic N) is 3. The average molecular weight is 395 g/mol. The lowest BCUT2D eigenvalue weighted by Gasteiger charge is -2.09. The zero-order valence-corrected chi connectivity index (χ0v) is 17.4. The Labute approximate surface area is 170 Å². The smallest absolute Gasteiger partial charge is 0.234 e. The Kier molecular flexibility index (Phi) is 6.87. The molecule has 146 valence electrons. The SMILES string of the molecule is CCn1c(CCc2ccccc2)nnc1SCC(=O)Nc1cc(C)cc(C)c1. The molecule has 0 unspecified atom stereocenters. The summed E-state index contributed by atoms with van der Waals surface area (Å²) >= 11 is 1.43. The van der Waals surface area contributed by atoms with Crippen LogP contribution in [0.2, 0.25) is 0 Å². The van der Waals surface area contributed by atoms with Crippen molar-refractivity contribution in [3.8, 4) is 0 Å². The highest BCUT2D eigenvalue weighted by molar-refractivity contribution is 7.99. The van der Waals surface area contributed by atoms with Gasteiger partial charge in [-0.1, -0.05) is 48.2 Å². The molecule has 28 heavy (non-hydrogen) atoms. The van der Waals surface area contributed by atoms with Crippen LogP contribution in [0.5, 0.6) is 0 Å². The molecule has 6 heteroatoms. The number of hydrogen-bond acceptors (Lipinski definition) is 4. The molecule has 3 aromatic rings. The second kappa shape index (κ2) is 9.55. The lowest BCUT2D eigenvalue weighted by atomic mass is 10.1. The maximum atomic E-state index is 12.3. The molecule has 2 aromatic carbocycles. The molecule has 1 aromatic heterocycles. The van der Waals surface area contributed by atoms with Crippen molar-refractivity contribution in [1.29, 1.82) is 0 Å². The van der Waals surface area contributed by atoms with Crippen LogP contribution in [0.4, 0.5) is 5.69 Å². The summed E-state index contributed by atoms with van der Waals surface area (Å²) in [6.07, 6.45) is 1.76. The number of benzene rings is 2. The minimum Gasteiger partial charge on any atom is -0.325 e. The van der Waals surface area contributed by atoms with E-state index in [2.05, 4.69) is 57.3 Å². The van der Waals surface area contributed by atoms with Crippen LogP contribution < -0.4 is 5.32 Å². The first kappa shape index (κ1) is 20.1. The molecule has 0 saturated heterocycles. The Balaban J connectivity index is 1.58. The minimum atomic E-state index is -0.0357. The molecule has 0 fully saturated rings. The van der Waals surface area contributed by atoms with Crippen LogP contribution in [-0.2, 0) is 24.2 Å². The maximum absolute atomic E-state index is 12.3. The van der Waals surface area contributed by atoms with Crippen LogP contribution in [-0.4, -0.2) is 26.4 Å². The van der Waals surface area contributed by atoms with E-state index in [4.69, 9.17) is 0 Å². The van der Waals surface area contributed by atoms with E-state index < -0.39 is 0 Å². The number of aromatic nitrogens is 3. The Morgan fingerprint density at radius 1 is 1.04 bits per heavy atom. The normalized spacial score (nSPS) is 10.8. The van der Waals surface area contributed by atoms with Crippen molar-refractivity contribution in [2.45, 2.75) is 45.3 Å². The third-order valence-corrected chi connectivity index (χ3v) is 5.39. The van der Waals surface area contributed by atoms with E-state index in [1.165, 1.54) is 17.3 Å². The van der Waals surface area contributed by atoms with Crippen molar-refractivity contribution in [3.05, 3.63) is 71.0 Å².